The van der Waals surface area contributed by atoms with Crippen molar-refractivity contribution < 1.29 is 9.84 Å². The van der Waals surface area contributed by atoms with Crippen molar-refractivity contribution in [3.8, 4) is 0 Å². The summed E-state index contributed by atoms with van der Waals surface area (Å²) in [5, 5.41) is 12.8. The predicted molar refractivity (Wildman–Crippen MR) is 43.4 cm³/mol. The zero-order valence-electron chi connectivity index (χ0n) is 7.21. The van der Waals surface area contributed by atoms with Gasteiger partial charge in [-0.05, 0) is 12.5 Å². The fraction of sp³-hybridized carbons (Fsp3) is 1.00. The molecule has 2 N–H and O–H groups in total. The van der Waals surface area contributed by atoms with Gasteiger partial charge in [0.05, 0.1) is 12.7 Å². The number of ether oxygens (including phenoxy) is 1. The summed E-state index contributed by atoms with van der Waals surface area (Å²) in [7, 11) is 1.62. The Morgan fingerprint density at radius 2 is 2.36 bits per heavy atom. The van der Waals surface area contributed by atoms with E-state index >= 15 is 0 Å². The Kier molecular flexibility index (Phi) is 3.30. The summed E-state index contributed by atoms with van der Waals surface area (Å²) < 4.78 is 4.89. The predicted octanol–water partition coefficient (Wildman–Crippen LogP) is -0.151. The molecule has 0 aromatic rings. The Morgan fingerprint density at radius 3 is 2.82 bits per heavy atom. The van der Waals surface area contributed by atoms with E-state index in [1.807, 2.05) is 0 Å². The van der Waals surface area contributed by atoms with Gasteiger partial charge in [-0.1, -0.05) is 6.92 Å². The Labute approximate surface area is 67.7 Å². The quantitative estimate of drug-likeness (QED) is 0.601. The van der Waals surface area contributed by atoms with Crippen molar-refractivity contribution in [1.82, 2.24) is 5.32 Å². The van der Waals surface area contributed by atoms with Gasteiger partial charge in [0.15, 0.2) is 0 Å². The Morgan fingerprint density at radius 1 is 1.64 bits per heavy atom. The standard InChI is InChI=1S/C8H17NO2/c1-6-3-9-4-7(6)8(10)5-11-2/h6-10H,3-5H2,1-2H3. The van der Waals surface area contributed by atoms with Crippen LogP contribution in [-0.2, 0) is 4.74 Å². The monoisotopic (exact) mass is 159 g/mol. The van der Waals surface area contributed by atoms with E-state index in [0.29, 0.717) is 18.4 Å². The lowest BCUT2D eigenvalue weighted by molar-refractivity contribution is 0.0202. The average Bonchev–Trinajstić information content (AvgIpc) is 2.36. The van der Waals surface area contributed by atoms with Crippen molar-refractivity contribution >= 4 is 0 Å². The van der Waals surface area contributed by atoms with Crippen LogP contribution in [0.1, 0.15) is 6.92 Å². The van der Waals surface area contributed by atoms with Crippen LogP contribution in [0.25, 0.3) is 0 Å². The summed E-state index contributed by atoms with van der Waals surface area (Å²) >= 11 is 0. The Bertz CT molecular complexity index is 119. The zero-order valence-corrected chi connectivity index (χ0v) is 7.21. The molecule has 1 aliphatic rings. The molecule has 0 aromatic heterocycles. The molecule has 0 saturated carbocycles. The van der Waals surface area contributed by atoms with Gasteiger partial charge in [0, 0.05) is 19.6 Å². The van der Waals surface area contributed by atoms with Crippen molar-refractivity contribution in [1.29, 1.82) is 0 Å². The summed E-state index contributed by atoms with van der Waals surface area (Å²) in [4.78, 5) is 0. The van der Waals surface area contributed by atoms with E-state index in [4.69, 9.17) is 4.74 Å². The first kappa shape index (κ1) is 8.97. The number of aliphatic hydroxyl groups is 1. The van der Waals surface area contributed by atoms with Crippen LogP contribution < -0.4 is 5.32 Å². The van der Waals surface area contributed by atoms with E-state index < -0.39 is 0 Å². The van der Waals surface area contributed by atoms with E-state index in [9.17, 15) is 5.11 Å². The minimum absolute atomic E-state index is 0.301. The lowest BCUT2D eigenvalue weighted by Crippen LogP contribution is -2.30. The number of nitrogens with one attached hydrogen (secondary N) is 1. The molecule has 0 spiro atoms. The van der Waals surface area contributed by atoms with Crippen LogP contribution in [0, 0.1) is 11.8 Å². The lowest BCUT2D eigenvalue weighted by Gasteiger charge is -2.19. The minimum Gasteiger partial charge on any atom is -0.390 e. The molecular formula is C8H17NO2. The van der Waals surface area contributed by atoms with Gasteiger partial charge < -0.3 is 15.2 Å². The largest absolute Gasteiger partial charge is 0.390 e. The van der Waals surface area contributed by atoms with Crippen LogP contribution in [0.5, 0.6) is 0 Å². The van der Waals surface area contributed by atoms with Crippen molar-refractivity contribution in [2.75, 3.05) is 26.8 Å². The van der Waals surface area contributed by atoms with Crippen LogP contribution >= 0.6 is 0 Å². The van der Waals surface area contributed by atoms with Crippen molar-refractivity contribution in [2.24, 2.45) is 11.8 Å². The van der Waals surface area contributed by atoms with Gasteiger partial charge in [0.1, 0.15) is 0 Å². The van der Waals surface area contributed by atoms with Crippen LogP contribution in [0.15, 0.2) is 0 Å². The molecule has 1 heterocycles. The number of rotatable bonds is 3. The number of hydrogen-bond donors (Lipinski definition) is 2. The first-order valence-corrected chi connectivity index (χ1v) is 4.13. The van der Waals surface area contributed by atoms with Gasteiger partial charge in [-0.3, -0.25) is 0 Å². The molecule has 66 valence electrons. The highest BCUT2D eigenvalue weighted by atomic mass is 16.5. The van der Waals surface area contributed by atoms with Gasteiger partial charge in [-0.2, -0.15) is 0 Å². The second-order valence-electron chi connectivity index (χ2n) is 3.32. The molecule has 0 bridgehead atoms. The van der Waals surface area contributed by atoms with Crippen LogP contribution in [-0.4, -0.2) is 38.0 Å². The van der Waals surface area contributed by atoms with Crippen LogP contribution in [0.3, 0.4) is 0 Å². The van der Waals surface area contributed by atoms with Crippen LogP contribution in [0.4, 0.5) is 0 Å². The summed E-state index contributed by atoms with van der Waals surface area (Å²) in [6.07, 6.45) is -0.301. The van der Waals surface area contributed by atoms with E-state index in [1.165, 1.54) is 0 Å². The minimum atomic E-state index is -0.301. The molecule has 0 aliphatic carbocycles. The molecule has 1 fully saturated rings. The summed E-state index contributed by atoms with van der Waals surface area (Å²) in [6, 6.07) is 0. The molecule has 3 atom stereocenters. The molecule has 1 rings (SSSR count). The Balaban J connectivity index is 2.33. The van der Waals surface area contributed by atoms with E-state index in [0.717, 1.165) is 13.1 Å². The van der Waals surface area contributed by atoms with Gasteiger partial charge >= 0.3 is 0 Å². The molecule has 0 amide bonds. The van der Waals surface area contributed by atoms with Gasteiger partial charge in [0.2, 0.25) is 0 Å². The number of aliphatic hydroxyl groups excluding tert-OH is 1. The maximum absolute atomic E-state index is 9.55. The average molecular weight is 159 g/mol. The summed E-state index contributed by atoms with van der Waals surface area (Å²) in [6.45, 7) is 4.55. The molecule has 0 aromatic carbocycles. The van der Waals surface area contributed by atoms with E-state index in [2.05, 4.69) is 12.2 Å². The highest BCUT2D eigenvalue weighted by Crippen LogP contribution is 2.19. The molecule has 0 radical (unpaired) electrons. The first-order valence-electron chi connectivity index (χ1n) is 4.13. The third kappa shape index (κ3) is 2.15. The maximum Gasteiger partial charge on any atom is 0.0816 e. The fourth-order valence-corrected chi connectivity index (χ4v) is 1.64. The molecule has 1 saturated heterocycles. The second kappa shape index (κ2) is 4.04. The number of hydrogen-bond acceptors (Lipinski definition) is 3. The van der Waals surface area contributed by atoms with Crippen molar-refractivity contribution in [2.45, 2.75) is 13.0 Å². The smallest absolute Gasteiger partial charge is 0.0816 e. The first-order chi connectivity index (χ1) is 5.25. The second-order valence-corrected chi connectivity index (χ2v) is 3.32. The highest BCUT2D eigenvalue weighted by Gasteiger charge is 2.29. The summed E-state index contributed by atoms with van der Waals surface area (Å²) in [5.41, 5.74) is 0. The molecule has 3 nitrogen and oxygen atoms in total. The number of methoxy groups -OCH3 is 1. The fourth-order valence-electron chi connectivity index (χ4n) is 1.64. The molecule has 3 unspecified atom stereocenters. The van der Waals surface area contributed by atoms with Gasteiger partial charge in [0.25, 0.3) is 0 Å². The molecule has 1 aliphatic heterocycles. The Hall–Kier alpha value is -0.120. The summed E-state index contributed by atoms with van der Waals surface area (Å²) in [5.74, 6) is 0.940. The molecule has 11 heavy (non-hydrogen) atoms. The van der Waals surface area contributed by atoms with Gasteiger partial charge in [-0.15, -0.1) is 0 Å². The van der Waals surface area contributed by atoms with Gasteiger partial charge in [-0.25, -0.2) is 0 Å². The maximum atomic E-state index is 9.55. The van der Waals surface area contributed by atoms with Crippen molar-refractivity contribution in [3.05, 3.63) is 0 Å². The third-order valence-corrected chi connectivity index (χ3v) is 2.41. The highest BCUT2D eigenvalue weighted by molar-refractivity contribution is 4.82. The third-order valence-electron chi connectivity index (χ3n) is 2.41. The molecular weight excluding hydrogens is 142 g/mol. The SMILES string of the molecule is COCC(O)C1CNCC1C. The topological polar surface area (TPSA) is 41.5 Å². The normalized spacial score (nSPS) is 34.1. The molecule has 3 heteroatoms. The van der Waals surface area contributed by atoms with E-state index in [1.54, 1.807) is 7.11 Å². The lowest BCUT2D eigenvalue weighted by atomic mass is 9.93. The van der Waals surface area contributed by atoms with E-state index in [-0.39, 0.29) is 6.10 Å². The van der Waals surface area contributed by atoms with Crippen molar-refractivity contribution in [3.63, 3.8) is 0 Å². The van der Waals surface area contributed by atoms with Crippen LogP contribution in [0.2, 0.25) is 0 Å². The zero-order chi connectivity index (χ0) is 8.27.